The predicted octanol–water partition coefficient (Wildman–Crippen LogP) is 5.51. The van der Waals surface area contributed by atoms with Crippen LogP contribution in [0.3, 0.4) is 0 Å². The lowest BCUT2D eigenvalue weighted by atomic mass is 10.1. The summed E-state index contributed by atoms with van der Waals surface area (Å²) in [4.78, 5) is 0. The molecule has 0 spiro atoms. The molecule has 0 aliphatic rings. The number of hydrogen-bond donors (Lipinski definition) is 1. The zero-order chi connectivity index (χ0) is 17.2. The summed E-state index contributed by atoms with van der Waals surface area (Å²) in [5, 5.41) is 3.46. The zero-order valence-corrected chi connectivity index (χ0v) is 15.0. The molecule has 0 saturated heterocycles. The molecule has 0 fully saturated rings. The van der Waals surface area contributed by atoms with Crippen molar-refractivity contribution in [2.45, 2.75) is 40.2 Å². The zero-order valence-electron chi connectivity index (χ0n) is 15.0. The van der Waals surface area contributed by atoms with Crippen LogP contribution in [0.2, 0.25) is 0 Å². The van der Waals surface area contributed by atoms with Crippen molar-refractivity contribution in [1.29, 1.82) is 0 Å². The first kappa shape index (κ1) is 18.2. The third-order valence-electron chi connectivity index (χ3n) is 3.72. The summed E-state index contributed by atoms with van der Waals surface area (Å²) < 4.78 is 11.6. The Morgan fingerprint density at radius 1 is 0.958 bits per heavy atom. The first-order chi connectivity index (χ1) is 11.7. The highest BCUT2D eigenvalue weighted by atomic mass is 16.5. The van der Waals surface area contributed by atoms with E-state index in [4.69, 9.17) is 9.47 Å². The second kappa shape index (κ2) is 9.86. The first-order valence-corrected chi connectivity index (χ1v) is 8.86. The minimum atomic E-state index is 0.654. The highest BCUT2D eigenvalue weighted by molar-refractivity contribution is 5.49. The van der Waals surface area contributed by atoms with Crippen molar-refractivity contribution < 1.29 is 9.47 Å². The van der Waals surface area contributed by atoms with Crippen molar-refractivity contribution in [3.63, 3.8) is 0 Å². The molecule has 2 aromatic carbocycles. The molecule has 2 aromatic rings. The minimum absolute atomic E-state index is 0.654. The van der Waals surface area contributed by atoms with Gasteiger partial charge in [-0.15, -0.1) is 0 Å². The molecule has 0 bridgehead atoms. The monoisotopic (exact) mass is 327 g/mol. The van der Waals surface area contributed by atoms with Gasteiger partial charge in [-0.2, -0.15) is 0 Å². The normalized spacial score (nSPS) is 10.7. The van der Waals surface area contributed by atoms with Crippen molar-refractivity contribution in [2.24, 2.45) is 5.92 Å². The van der Waals surface area contributed by atoms with E-state index in [0.29, 0.717) is 5.92 Å². The van der Waals surface area contributed by atoms with Crippen LogP contribution in [0.15, 0.2) is 48.5 Å². The van der Waals surface area contributed by atoms with Crippen LogP contribution in [0.5, 0.6) is 11.5 Å². The minimum Gasteiger partial charge on any atom is -0.494 e. The number of nitrogens with one attached hydrogen (secondary N) is 1. The van der Waals surface area contributed by atoms with Gasteiger partial charge in [-0.1, -0.05) is 45.0 Å². The van der Waals surface area contributed by atoms with E-state index in [1.165, 1.54) is 5.56 Å². The molecule has 0 aliphatic carbocycles. The molecule has 24 heavy (non-hydrogen) atoms. The van der Waals surface area contributed by atoms with Crippen molar-refractivity contribution in [2.75, 3.05) is 18.5 Å². The van der Waals surface area contributed by atoms with E-state index in [1.807, 2.05) is 36.4 Å². The highest BCUT2D eigenvalue weighted by Crippen LogP contribution is 2.22. The van der Waals surface area contributed by atoms with Gasteiger partial charge in [0.2, 0.25) is 0 Å². The fourth-order valence-corrected chi connectivity index (χ4v) is 2.31. The van der Waals surface area contributed by atoms with Gasteiger partial charge in [0.05, 0.1) is 13.2 Å². The average Bonchev–Trinajstić information content (AvgIpc) is 2.59. The molecule has 0 aromatic heterocycles. The summed E-state index contributed by atoms with van der Waals surface area (Å²) in [5.74, 6) is 2.52. The molecular weight excluding hydrogens is 298 g/mol. The molecule has 0 amide bonds. The molecule has 2 rings (SSSR count). The van der Waals surface area contributed by atoms with Crippen molar-refractivity contribution in [1.82, 2.24) is 0 Å². The number of hydrogen-bond acceptors (Lipinski definition) is 3. The van der Waals surface area contributed by atoms with Gasteiger partial charge < -0.3 is 14.8 Å². The molecule has 3 heteroatoms. The summed E-state index contributed by atoms with van der Waals surface area (Å²) >= 11 is 0. The van der Waals surface area contributed by atoms with Crippen LogP contribution in [-0.4, -0.2) is 13.2 Å². The summed E-state index contributed by atoms with van der Waals surface area (Å²) in [6, 6.07) is 16.3. The van der Waals surface area contributed by atoms with Crippen LogP contribution >= 0.6 is 0 Å². The molecule has 1 N–H and O–H groups in total. The molecule has 0 heterocycles. The lowest BCUT2D eigenvalue weighted by molar-refractivity contribution is 0.287. The highest BCUT2D eigenvalue weighted by Gasteiger charge is 2.04. The van der Waals surface area contributed by atoms with Gasteiger partial charge >= 0.3 is 0 Å². The maximum atomic E-state index is 5.95. The third kappa shape index (κ3) is 6.15. The van der Waals surface area contributed by atoms with Gasteiger partial charge in [0, 0.05) is 23.9 Å². The molecule has 0 saturated carbocycles. The van der Waals surface area contributed by atoms with Crippen LogP contribution < -0.4 is 14.8 Å². The molecule has 130 valence electrons. The Kier molecular flexibility index (Phi) is 7.47. The Labute approximate surface area is 146 Å². The van der Waals surface area contributed by atoms with Gasteiger partial charge in [-0.05, 0) is 37.0 Å². The second-order valence-corrected chi connectivity index (χ2v) is 6.37. The smallest absolute Gasteiger partial charge is 0.124 e. The van der Waals surface area contributed by atoms with Gasteiger partial charge in [0.15, 0.2) is 0 Å². The Morgan fingerprint density at radius 2 is 1.79 bits per heavy atom. The van der Waals surface area contributed by atoms with Crippen LogP contribution in [0.4, 0.5) is 5.69 Å². The maximum Gasteiger partial charge on any atom is 0.124 e. The third-order valence-corrected chi connectivity index (χ3v) is 3.72. The molecule has 0 atom stereocenters. The van der Waals surface area contributed by atoms with Crippen molar-refractivity contribution >= 4 is 5.69 Å². The summed E-state index contributed by atoms with van der Waals surface area (Å²) in [6.45, 7) is 8.77. The molecular formula is C21H29NO2. The first-order valence-electron chi connectivity index (χ1n) is 8.86. The van der Waals surface area contributed by atoms with Crippen LogP contribution in [-0.2, 0) is 6.54 Å². The van der Waals surface area contributed by atoms with Gasteiger partial charge in [0.1, 0.15) is 11.5 Å². The summed E-state index contributed by atoms with van der Waals surface area (Å²) in [5.41, 5.74) is 2.22. The van der Waals surface area contributed by atoms with E-state index in [2.05, 4.69) is 38.2 Å². The SMILES string of the molecule is CCCOc1cccc(NCc2ccccc2OCCC(C)C)c1. The van der Waals surface area contributed by atoms with E-state index in [0.717, 1.165) is 49.8 Å². The molecule has 0 unspecified atom stereocenters. The number of anilines is 1. The van der Waals surface area contributed by atoms with Crippen LogP contribution in [0, 0.1) is 5.92 Å². The average molecular weight is 327 g/mol. The largest absolute Gasteiger partial charge is 0.494 e. The standard InChI is InChI=1S/C21H29NO2/c1-4-13-23-20-10-7-9-19(15-20)22-16-18-8-5-6-11-21(18)24-14-12-17(2)3/h5-11,15,17,22H,4,12-14,16H2,1-3H3. The quantitative estimate of drug-likeness (QED) is 0.624. The fraction of sp³-hybridized carbons (Fsp3) is 0.429. The van der Waals surface area contributed by atoms with E-state index >= 15 is 0 Å². The van der Waals surface area contributed by atoms with Gasteiger partial charge in [-0.25, -0.2) is 0 Å². The van der Waals surface area contributed by atoms with E-state index in [-0.39, 0.29) is 0 Å². The van der Waals surface area contributed by atoms with Gasteiger partial charge in [0.25, 0.3) is 0 Å². The van der Waals surface area contributed by atoms with E-state index in [1.54, 1.807) is 0 Å². The molecule has 0 aliphatic heterocycles. The van der Waals surface area contributed by atoms with Crippen molar-refractivity contribution in [3.8, 4) is 11.5 Å². The predicted molar refractivity (Wildman–Crippen MR) is 101 cm³/mol. The Morgan fingerprint density at radius 3 is 2.58 bits per heavy atom. The number of benzene rings is 2. The molecule has 0 radical (unpaired) electrons. The van der Waals surface area contributed by atoms with E-state index < -0.39 is 0 Å². The number of ether oxygens (including phenoxy) is 2. The number of rotatable bonds is 10. The lowest BCUT2D eigenvalue weighted by Gasteiger charge is -2.14. The summed E-state index contributed by atoms with van der Waals surface area (Å²) in [6.07, 6.45) is 2.08. The number of para-hydroxylation sites is 1. The Hall–Kier alpha value is -2.16. The topological polar surface area (TPSA) is 30.5 Å². The maximum absolute atomic E-state index is 5.95. The molecule has 3 nitrogen and oxygen atoms in total. The van der Waals surface area contributed by atoms with Gasteiger partial charge in [-0.3, -0.25) is 0 Å². The van der Waals surface area contributed by atoms with Crippen LogP contribution in [0.25, 0.3) is 0 Å². The summed E-state index contributed by atoms with van der Waals surface area (Å²) in [7, 11) is 0. The van der Waals surface area contributed by atoms with Crippen LogP contribution in [0.1, 0.15) is 39.2 Å². The fourth-order valence-electron chi connectivity index (χ4n) is 2.31. The Bertz CT molecular complexity index is 610. The lowest BCUT2D eigenvalue weighted by Crippen LogP contribution is -2.06. The second-order valence-electron chi connectivity index (χ2n) is 6.37. The van der Waals surface area contributed by atoms with Crippen molar-refractivity contribution in [3.05, 3.63) is 54.1 Å². The van der Waals surface area contributed by atoms with E-state index in [9.17, 15) is 0 Å². The Balaban J connectivity index is 1.94.